The van der Waals surface area contributed by atoms with Crippen molar-refractivity contribution in [1.82, 2.24) is 0 Å². The van der Waals surface area contributed by atoms with Gasteiger partial charge in [-0.15, -0.1) is 0 Å². The Morgan fingerprint density at radius 1 is 0.588 bits per heavy atom. The molecular formula is C22H30O12. The first-order valence-corrected chi connectivity index (χ1v) is 10.0. The normalized spacial score (nSPS) is 11.8. The van der Waals surface area contributed by atoms with Crippen LogP contribution in [0, 0.1) is 11.8 Å². The van der Waals surface area contributed by atoms with Gasteiger partial charge in [0.25, 0.3) is 0 Å². The number of carbonyl (C=O) groups is 6. The molecular weight excluding hydrogens is 456 g/mol. The number of carbonyl (C=O) groups excluding carboxylic acids is 6. The Morgan fingerprint density at radius 2 is 0.912 bits per heavy atom. The molecule has 0 heterocycles. The number of esters is 6. The molecule has 190 valence electrons. The zero-order valence-electron chi connectivity index (χ0n) is 19.7. The lowest BCUT2D eigenvalue weighted by atomic mass is 9.97. The summed E-state index contributed by atoms with van der Waals surface area (Å²) in [6.45, 7) is 6.73. The smallest absolute Gasteiger partial charge is 0.334 e. The summed E-state index contributed by atoms with van der Waals surface area (Å²) in [6, 6.07) is 0. The molecule has 0 fully saturated rings. The molecule has 2 unspecified atom stereocenters. The Morgan fingerprint density at radius 3 is 1.18 bits per heavy atom. The van der Waals surface area contributed by atoms with Crippen LogP contribution in [-0.2, 0) is 57.2 Å². The molecule has 0 amide bonds. The Labute approximate surface area is 197 Å². The zero-order chi connectivity index (χ0) is 26.3. The maximum atomic E-state index is 12.3. The molecule has 0 aromatic carbocycles. The summed E-state index contributed by atoms with van der Waals surface area (Å²) in [5.74, 6) is -7.51. The van der Waals surface area contributed by atoms with Crippen LogP contribution in [0.4, 0.5) is 0 Å². The lowest BCUT2D eigenvalue weighted by molar-refractivity contribution is -0.155. The average Bonchev–Trinajstić information content (AvgIpc) is 2.84. The first-order valence-electron chi connectivity index (χ1n) is 10.0. The standard InChI is InChI=1S/C22H30O12/c1-13(19(25)31-5)15(11-17(23)29-3)21(27)33-9-7-8-10-34-22(28)16(12-18(24)30-4)14(2)20(26)32-6/h15-16H,1-2,7-12H2,3-6H3. The highest BCUT2D eigenvalue weighted by Gasteiger charge is 2.32. The highest BCUT2D eigenvalue weighted by Crippen LogP contribution is 2.19. The van der Waals surface area contributed by atoms with Crippen molar-refractivity contribution in [2.45, 2.75) is 25.7 Å². The minimum Gasteiger partial charge on any atom is -0.469 e. The Hall–Kier alpha value is -3.70. The Kier molecular flexibility index (Phi) is 14.3. The van der Waals surface area contributed by atoms with E-state index in [-0.39, 0.29) is 37.2 Å². The van der Waals surface area contributed by atoms with Crippen LogP contribution in [0.1, 0.15) is 25.7 Å². The number of methoxy groups -OCH3 is 4. The van der Waals surface area contributed by atoms with Gasteiger partial charge < -0.3 is 28.4 Å². The first kappa shape index (κ1) is 30.3. The number of hydrogen-bond acceptors (Lipinski definition) is 12. The van der Waals surface area contributed by atoms with Crippen molar-refractivity contribution in [3.63, 3.8) is 0 Å². The molecule has 12 nitrogen and oxygen atoms in total. The molecule has 0 rings (SSSR count). The van der Waals surface area contributed by atoms with E-state index in [2.05, 4.69) is 32.1 Å². The quantitative estimate of drug-likeness (QED) is 0.138. The lowest BCUT2D eigenvalue weighted by Crippen LogP contribution is -2.28. The summed E-state index contributed by atoms with van der Waals surface area (Å²) in [4.78, 5) is 71.0. The largest absolute Gasteiger partial charge is 0.469 e. The molecule has 0 saturated heterocycles. The highest BCUT2D eigenvalue weighted by atomic mass is 16.6. The fraction of sp³-hybridized carbons (Fsp3) is 0.545. The number of ether oxygens (including phenoxy) is 6. The van der Waals surface area contributed by atoms with Gasteiger partial charge in [0.15, 0.2) is 0 Å². The van der Waals surface area contributed by atoms with Gasteiger partial charge in [-0.3, -0.25) is 19.2 Å². The Balaban J connectivity index is 4.73. The van der Waals surface area contributed by atoms with E-state index < -0.39 is 60.5 Å². The molecule has 34 heavy (non-hydrogen) atoms. The van der Waals surface area contributed by atoms with Crippen LogP contribution in [0.2, 0.25) is 0 Å². The molecule has 0 N–H and O–H groups in total. The molecule has 0 aliphatic rings. The number of rotatable bonds is 15. The molecule has 12 heteroatoms. The minimum absolute atomic E-state index is 0.108. The van der Waals surface area contributed by atoms with Crippen molar-refractivity contribution in [3.8, 4) is 0 Å². The molecule has 0 aliphatic heterocycles. The van der Waals surface area contributed by atoms with Gasteiger partial charge in [-0.25, -0.2) is 9.59 Å². The molecule has 0 aliphatic carbocycles. The first-order chi connectivity index (χ1) is 16.0. The topological polar surface area (TPSA) is 158 Å². The van der Waals surface area contributed by atoms with E-state index >= 15 is 0 Å². The zero-order valence-corrected chi connectivity index (χ0v) is 19.7. The molecule has 0 aromatic heterocycles. The maximum Gasteiger partial charge on any atom is 0.334 e. The third-order valence-corrected chi connectivity index (χ3v) is 4.53. The third-order valence-electron chi connectivity index (χ3n) is 4.53. The predicted octanol–water partition coefficient (Wildman–Crippen LogP) is 0.670. The molecule has 0 bridgehead atoms. The molecule has 0 spiro atoms. The second-order valence-electron chi connectivity index (χ2n) is 6.74. The van der Waals surface area contributed by atoms with E-state index in [1.165, 1.54) is 0 Å². The fourth-order valence-electron chi connectivity index (χ4n) is 2.50. The van der Waals surface area contributed by atoms with Gasteiger partial charge in [0.2, 0.25) is 0 Å². The van der Waals surface area contributed by atoms with E-state index in [4.69, 9.17) is 9.47 Å². The van der Waals surface area contributed by atoms with E-state index in [0.717, 1.165) is 28.4 Å². The van der Waals surface area contributed by atoms with Crippen LogP contribution in [0.3, 0.4) is 0 Å². The van der Waals surface area contributed by atoms with E-state index in [9.17, 15) is 28.8 Å². The van der Waals surface area contributed by atoms with Crippen molar-refractivity contribution in [2.75, 3.05) is 41.7 Å². The maximum absolute atomic E-state index is 12.3. The van der Waals surface area contributed by atoms with Crippen LogP contribution in [0.15, 0.2) is 24.3 Å². The monoisotopic (exact) mass is 486 g/mol. The second-order valence-corrected chi connectivity index (χ2v) is 6.74. The molecule has 0 saturated carbocycles. The molecule has 0 radical (unpaired) electrons. The van der Waals surface area contributed by atoms with Gasteiger partial charge in [-0.1, -0.05) is 13.2 Å². The van der Waals surface area contributed by atoms with Crippen LogP contribution in [0.5, 0.6) is 0 Å². The van der Waals surface area contributed by atoms with E-state index in [1.807, 2.05) is 0 Å². The van der Waals surface area contributed by atoms with Crippen LogP contribution in [-0.4, -0.2) is 77.5 Å². The van der Waals surface area contributed by atoms with Gasteiger partial charge in [-0.05, 0) is 12.8 Å². The summed E-state index contributed by atoms with van der Waals surface area (Å²) >= 11 is 0. The minimum atomic E-state index is -1.28. The van der Waals surface area contributed by atoms with Crippen LogP contribution >= 0.6 is 0 Å². The van der Waals surface area contributed by atoms with Gasteiger partial charge in [0.05, 0.1) is 66.3 Å². The van der Waals surface area contributed by atoms with Crippen LogP contribution < -0.4 is 0 Å². The molecule has 0 aromatic rings. The van der Waals surface area contributed by atoms with Gasteiger partial charge in [0, 0.05) is 11.1 Å². The number of hydrogen-bond donors (Lipinski definition) is 0. The molecule has 2 atom stereocenters. The summed E-state index contributed by atoms with van der Waals surface area (Å²) in [6.07, 6.45) is -0.387. The van der Waals surface area contributed by atoms with Crippen molar-refractivity contribution in [2.24, 2.45) is 11.8 Å². The third kappa shape index (κ3) is 10.3. The average molecular weight is 486 g/mol. The van der Waals surface area contributed by atoms with Crippen molar-refractivity contribution >= 4 is 35.8 Å². The number of unbranched alkanes of at least 4 members (excludes halogenated alkanes) is 1. The van der Waals surface area contributed by atoms with Gasteiger partial charge in [0.1, 0.15) is 0 Å². The predicted molar refractivity (Wildman–Crippen MR) is 114 cm³/mol. The highest BCUT2D eigenvalue weighted by molar-refractivity contribution is 5.97. The Bertz CT molecular complexity index is 732. The van der Waals surface area contributed by atoms with Gasteiger partial charge >= 0.3 is 35.8 Å². The van der Waals surface area contributed by atoms with E-state index in [0.29, 0.717) is 0 Å². The summed E-state index contributed by atoms with van der Waals surface area (Å²) in [5.41, 5.74) is -0.511. The van der Waals surface area contributed by atoms with E-state index in [1.54, 1.807) is 0 Å². The van der Waals surface area contributed by atoms with Crippen molar-refractivity contribution < 1.29 is 57.2 Å². The van der Waals surface area contributed by atoms with Crippen LogP contribution in [0.25, 0.3) is 0 Å². The van der Waals surface area contributed by atoms with Crippen molar-refractivity contribution in [1.29, 1.82) is 0 Å². The fourth-order valence-corrected chi connectivity index (χ4v) is 2.50. The summed E-state index contributed by atoms with van der Waals surface area (Å²) in [5, 5.41) is 0. The summed E-state index contributed by atoms with van der Waals surface area (Å²) in [7, 11) is 4.46. The summed E-state index contributed by atoms with van der Waals surface area (Å²) < 4.78 is 28.2. The second kappa shape index (κ2) is 16.0. The van der Waals surface area contributed by atoms with Crippen molar-refractivity contribution in [3.05, 3.63) is 24.3 Å². The lowest BCUT2D eigenvalue weighted by Gasteiger charge is -2.17. The SMILES string of the molecule is C=C(C(=O)OC)C(CC(=O)OC)C(=O)OCCCCOC(=O)C(CC(=O)OC)C(=C)C(=O)OC. The van der Waals surface area contributed by atoms with Gasteiger partial charge in [-0.2, -0.15) is 0 Å².